The highest BCUT2D eigenvalue weighted by atomic mass is 16.5. The molecule has 2 aliphatic rings. The van der Waals surface area contributed by atoms with E-state index in [2.05, 4.69) is 21.3 Å². The van der Waals surface area contributed by atoms with Crippen molar-refractivity contribution < 1.29 is 4.74 Å². The average Bonchev–Trinajstić information content (AvgIpc) is 2.87. The molecule has 6 nitrogen and oxygen atoms in total. The van der Waals surface area contributed by atoms with E-state index in [1.807, 2.05) is 42.3 Å². The molecule has 20 heavy (non-hydrogen) atoms. The van der Waals surface area contributed by atoms with Crippen LogP contribution in [-0.2, 0) is 4.74 Å². The third kappa shape index (κ3) is 2.15. The SMILES string of the molecule is C[C@]1(C#N)N=NN(c2ccccc2)[C@H]1N1CCOCC1. The third-order valence-corrected chi connectivity index (χ3v) is 3.72. The lowest BCUT2D eigenvalue weighted by Crippen LogP contribution is -2.57. The summed E-state index contributed by atoms with van der Waals surface area (Å²) in [5.74, 6) is 0. The maximum atomic E-state index is 9.50. The zero-order valence-corrected chi connectivity index (χ0v) is 11.4. The highest BCUT2D eigenvalue weighted by Gasteiger charge is 2.48. The largest absolute Gasteiger partial charge is 0.379 e. The molecule has 0 radical (unpaired) electrons. The van der Waals surface area contributed by atoms with E-state index in [1.54, 1.807) is 0 Å². The Kier molecular flexibility index (Phi) is 3.38. The van der Waals surface area contributed by atoms with E-state index in [0.29, 0.717) is 13.2 Å². The number of anilines is 1. The fourth-order valence-corrected chi connectivity index (χ4v) is 2.67. The van der Waals surface area contributed by atoms with Crippen molar-refractivity contribution in [2.24, 2.45) is 10.3 Å². The van der Waals surface area contributed by atoms with Gasteiger partial charge in [0.15, 0.2) is 0 Å². The molecule has 1 fully saturated rings. The van der Waals surface area contributed by atoms with Crippen molar-refractivity contribution in [2.75, 3.05) is 31.3 Å². The molecule has 1 saturated heterocycles. The minimum absolute atomic E-state index is 0.182. The van der Waals surface area contributed by atoms with Crippen molar-refractivity contribution in [2.45, 2.75) is 18.6 Å². The molecule has 2 atom stereocenters. The van der Waals surface area contributed by atoms with Crippen LogP contribution < -0.4 is 5.01 Å². The highest BCUT2D eigenvalue weighted by molar-refractivity contribution is 5.48. The van der Waals surface area contributed by atoms with Crippen LogP contribution in [0.5, 0.6) is 0 Å². The summed E-state index contributed by atoms with van der Waals surface area (Å²) in [4.78, 5) is 2.22. The van der Waals surface area contributed by atoms with Crippen molar-refractivity contribution >= 4 is 5.69 Å². The third-order valence-electron chi connectivity index (χ3n) is 3.72. The quantitative estimate of drug-likeness (QED) is 0.823. The summed E-state index contributed by atoms with van der Waals surface area (Å²) in [6.45, 7) is 4.77. The molecule has 0 N–H and O–H groups in total. The zero-order chi connectivity index (χ0) is 14.0. The molecule has 0 aromatic heterocycles. The van der Waals surface area contributed by atoms with Crippen LogP contribution in [0.2, 0.25) is 0 Å². The van der Waals surface area contributed by atoms with E-state index in [4.69, 9.17) is 4.74 Å². The maximum absolute atomic E-state index is 9.50. The van der Waals surface area contributed by atoms with Crippen LogP contribution in [0.4, 0.5) is 5.69 Å². The Hall–Kier alpha value is -1.97. The molecule has 0 aliphatic carbocycles. The second kappa shape index (κ2) is 5.19. The summed E-state index contributed by atoms with van der Waals surface area (Å²) < 4.78 is 5.40. The second-order valence-electron chi connectivity index (χ2n) is 5.15. The van der Waals surface area contributed by atoms with Crippen LogP contribution in [0.3, 0.4) is 0 Å². The highest BCUT2D eigenvalue weighted by Crippen LogP contribution is 2.34. The Morgan fingerprint density at radius 2 is 2.00 bits per heavy atom. The van der Waals surface area contributed by atoms with Gasteiger partial charge in [-0.15, -0.1) is 5.11 Å². The first-order chi connectivity index (χ1) is 9.74. The smallest absolute Gasteiger partial charge is 0.202 e. The zero-order valence-electron chi connectivity index (χ0n) is 11.4. The van der Waals surface area contributed by atoms with Crippen LogP contribution in [0, 0.1) is 11.3 Å². The summed E-state index contributed by atoms with van der Waals surface area (Å²) in [7, 11) is 0. The van der Waals surface area contributed by atoms with E-state index >= 15 is 0 Å². The van der Waals surface area contributed by atoms with Crippen LogP contribution >= 0.6 is 0 Å². The summed E-state index contributed by atoms with van der Waals surface area (Å²) in [6.07, 6.45) is -0.182. The predicted molar refractivity (Wildman–Crippen MR) is 74.0 cm³/mol. The number of nitriles is 1. The monoisotopic (exact) mass is 271 g/mol. The first-order valence-corrected chi connectivity index (χ1v) is 6.75. The lowest BCUT2D eigenvalue weighted by molar-refractivity contribution is 0.00994. The Morgan fingerprint density at radius 3 is 2.65 bits per heavy atom. The molecule has 0 spiro atoms. The number of benzene rings is 1. The normalized spacial score (nSPS) is 30.4. The van der Waals surface area contributed by atoms with Gasteiger partial charge in [0, 0.05) is 13.1 Å². The van der Waals surface area contributed by atoms with Gasteiger partial charge in [-0.2, -0.15) is 5.26 Å². The van der Waals surface area contributed by atoms with E-state index in [1.165, 1.54) is 0 Å². The van der Waals surface area contributed by atoms with Crippen molar-refractivity contribution in [3.63, 3.8) is 0 Å². The van der Waals surface area contributed by atoms with E-state index < -0.39 is 5.54 Å². The molecule has 1 aromatic carbocycles. The van der Waals surface area contributed by atoms with Gasteiger partial charge in [0.1, 0.15) is 6.17 Å². The fourth-order valence-electron chi connectivity index (χ4n) is 2.67. The molecule has 0 amide bonds. The summed E-state index contributed by atoms with van der Waals surface area (Å²) >= 11 is 0. The molecule has 1 aromatic rings. The minimum atomic E-state index is -0.854. The molecule has 6 heteroatoms. The number of para-hydroxylation sites is 1. The van der Waals surface area contributed by atoms with Gasteiger partial charge in [-0.25, -0.2) is 5.01 Å². The van der Waals surface area contributed by atoms with Crippen LogP contribution in [0.25, 0.3) is 0 Å². The number of morpholine rings is 1. The van der Waals surface area contributed by atoms with Gasteiger partial charge in [-0.3, -0.25) is 4.90 Å². The van der Waals surface area contributed by atoms with Crippen LogP contribution in [0.15, 0.2) is 40.7 Å². The summed E-state index contributed by atoms with van der Waals surface area (Å²) in [6, 6.07) is 12.2. The molecule has 0 unspecified atom stereocenters. The Bertz CT molecular complexity index is 534. The molecule has 2 heterocycles. The maximum Gasteiger partial charge on any atom is 0.202 e. The molecule has 0 saturated carbocycles. The molecule has 3 rings (SSSR count). The second-order valence-corrected chi connectivity index (χ2v) is 5.15. The van der Waals surface area contributed by atoms with Gasteiger partial charge in [-0.05, 0) is 19.1 Å². The van der Waals surface area contributed by atoms with Crippen molar-refractivity contribution in [1.82, 2.24) is 4.90 Å². The Labute approximate surface area is 118 Å². The van der Waals surface area contributed by atoms with Gasteiger partial charge in [0.05, 0.1) is 25.0 Å². The lowest BCUT2D eigenvalue weighted by atomic mass is 9.99. The fraction of sp³-hybridized carbons (Fsp3) is 0.500. The van der Waals surface area contributed by atoms with Crippen LogP contribution in [-0.4, -0.2) is 42.9 Å². The van der Waals surface area contributed by atoms with Gasteiger partial charge in [0.2, 0.25) is 5.54 Å². The van der Waals surface area contributed by atoms with Gasteiger partial charge >= 0.3 is 0 Å². The van der Waals surface area contributed by atoms with E-state index in [-0.39, 0.29) is 6.17 Å². The van der Waals surface area contributed by atoms with Gasteiger partial charge in [0.25, 0.3) is 0 Å². The van der Waals surface area contributed by atoms with Gasteiger partial charge in [-0.1, -0.05) is 23.4 Å². The van der Waals surface area contributed by atoms with E-state index in [9.17, 15) is 5.26 Å². The number of nitrogens with zero attached hydrogens (tertiary/aromatic N) is 5. The molecular formula is C14H17N5O. The standard InChI is InChI=1S/C14H17N5O/c1-14(11-15)13(18-7-9-20-10-8-18)19(17-16-14)12-5-3-2-4-6-12/h2-6,13H,7-10H2,1H3/t13-,14-/m1/s1. The average molecular weight is 271 g/mol. The predicted octanol–water partition coefficient (Wildman–Crippen LogP) is 1.81. The first-order valence-electron chi connectivity index (χ1n) is 6.75. The topological polar surface area (TPSA) is 64.2 Å². The van der Waals surface area contributed by atoms with Crippen LogP contribution in [0.1, 0.15) is 6.92 Å². The molecule has 2 aliphatic heterocycles. The van der Waals surface area contributed by atoms with E-state index in [0.717, 1.165) is 18.8 Å². The van der Waals surface area contributed by atoms with Crippen molar-refractivity contribution in [3.8, 4) is 6.07 Å². The molecule has 104 valence electrons. The number of hydrogen-bond acceptors (Lipinski definition) is 6. The lowest BCUT2D eigenvalue weighted by Gasteiger charge is -2.39. The minimum Gasteiger partial charge on any atom is -0.379 e. The summed E-state index contributed by atoms with van der Waals surface area (Å²) in [5, 5.41) is 19.8. The number of rotatable bonds is 2. The molecular weight excluding hydrogens is 254 g/mol. The Morgan fingerprint density at radius 1 is 1.30 bits per heavy atom. The summed E-state index contributed by atoms with van der Waals surface area (Å²) in [5.41, 5.74) is 0.0967. The number of hydrogen-bond donors (Lipinski definition) is 0. The van der Waals surface area contributed by atoms with Crippen molar-refractivity contribution in [1.29, 1.82) is 5.26 Å². The molecule has 0 bridgehead atoms. The van der Waals surface area contributed by atoms with Crippen molar-refractivity contribution in [3.05, 3.63) is 30.3 Å². The van der Waals surface area contributed by atoms with Gasteiger partial charge < -0.3 is 4.74 Å². The first kappa shape index (κ1) is 13.0. The number of ether oxygens (including phenoxy) is 1. The Balaban J connectivity index is 1.93.